The van der Waals surface area contributed by atoms with Crippen LogP contribution in [0.4, 0.5) is 5.69 Å². The summed E-state index contributed by atoms with van der Waals surface area (Å²) in [6.45, 7) is 3.60. The maximum Gasteiger partial charge on any atom is 0.336 e. The van der Waals surface area contributed by atoms with Crippen molar-refractivity contribution in [1.29, 1.82) is 0 Å². The zero-order valence-corrected chi connectivity index (χ0v) is 18.7. The van der Waals surface area contributed by atoms with Crippen LogP contribution in [-0.2, 0) is 11.3 Å². The van der Waals surface area contributed by atoms with Crippen LogP contribution in [0.5, 0.6) is 0 Å². The first-order chi connectivity index (χ1) is 14.4. The van der Waals surface area contributed by atoms with E-state index in [-0.39, 0.29) is 18.0 Å². The van der Waals surface area contributed by atoms with E-state index >= 15 is 0 Å². The molecule has 0 fully saturated rings. The minimum Gasteiger partial charge on any atom is -0.324 e. The zero-order valence-electron chi connectivity index (χ0n) is 16.3. The van der Waals surface area contributed by atoms with Crippen LogP contribution in [0.15, 0.2) is 68.0 Å². The van der Waals surface area contributed by atoms with Gasteiger partial charge in [-0.3, -0.25) is 14.2 Å². The summed E-state index contributed by atoms with van der Waals surface area (Å²) in [5.41, 5.74) is 2.52. The number of carbonyl (C=O) groups excluding carboxylic acids is 1. The molecule has 30 heavy (non-hydrogen) atoms. The number of rotatable bonds is 4. The van der Waals surface area contributed by atoms with Gasteiger partial charge < -0.3 is 5.32 Å². The summed E-state index contributed by atoms with van der Waals surface area (Å²) in [4.78, 5) is 39.1. The molecule has 6 nitrogen and oxygen atoms in total. The molecule has 2 aromatic carbocycles. The van der Waals surface area contributed by atoms with E-state index in [1.165, 1.54) is 15.9 Å². The highest BCUT2D eigenvalue weighted by Crippen LogP contribution is 2.20. The van der Waals surface area contributed by atoms with Gasteiger partial charge in [0.15, 0.2) is 0 Å². The fraction of sp³-hybridized carbons (Fsp3) is 0.136. The fourth-order valence-corrected chi connectivity index (χ4v) is 4.56. The number of thiophene rings is 1. The van der Waals surface area contributed by atoms with E-state index in [0.29, 0.717) is 21.6 Å². The second kappa shape index (κ2) is 8.04. The summed E-state index contributed by atoms with van der Waals surface area (Å²) >= 11 is 4.63. The molecule has 2 heterocycles. The Morgan fingerprint density at radius 1 is 1.10 bits per heavy atom. The predicted molar refractivity (Wildman–Crippen MR) is 124 cm³/mol. The highest BCUT2D eigenvalue weighted by molar-refractivity contribution is 9.10. The third-order valence-electron chi connectivity index (χ3n) is 4.98. The summed E-state index contributed by atoms with van der Waals surface area (Å²) in [5, 5.41) is 4.55. The van der Waals surface area contributed by atoms with Gasteiger partial charge in [-0.25, -0.2) is 9.36 Å². The van der Waals surface area contributed by atoms with E-state index in [0.717, 1.165) is 20.2 Å². The molecule has 0 spiro atoms. The average Bonchev–Trinajstić information content (AvgIpc) is 3.18. The fourth-order valence-electron chi connectivity index (χ4n) is 3.34. The number of fused-ring (bicyclic) bond motifs is 1. The lowest BCUT2D eigenvalue weighted by atomic mass is 10.1. The smallest absolute Gasteiger partial charge is 0.324 e. The Morgan fingerprint density at radius 2 is 1.87 bits per heavy atom. The standard InChI is InChI=1S/C22H18BrN3O3S/c1-13-5-3-8-17(14(13)2)26-21(28)20-18(9-10-30-20)25(22(26)29)12-19(27)24-16-7-4-6-15(23)11-16/h3-11H,12H2,1-2H3,(H,24,27). The molecule has 0 unspecified atom stereocenters. The average molecular weight is 484 g/mol. The van der Waals surface area contributed by atoms with Crippen LogP contribution in [0.2, 0.25) is 0 Å². The molecule has 152 valence electrons. The van der Waals surface area contributed by atoms with Gasteiger partial charge in [0.1, 0.15) is 11.2 Å². The van der Waals surface area contributed by atoms with Crippen molar-refractivity contribution >= 4 is 49.1 Å². The van der Waals surface area contributed by atoms with E-state index in [9.17, 15) is 14.4 Å². The Balaban J connectivity index is 1.83. The lowest BCUT2D eigenvalue weighted by Gasteiger charge is -2.15. The largest absolute Gasteiger partial charge is 0.336 e. The maximum atomic E-state index is 13.4. The molecular weight excluding hydrogens is 466 g/mol. The highest BCUT2D eigenvalue weighted by Gasteiger charge is 2.19. The number of aryl methyl sites for hydroxylation is 1. The molecule has 0 aliphatic heterocycles. The molecular formula is C22H18BrN3O3S. The van der Waals surface area contributed by atoms with Crippen molar-refractivity contribution in [3.8, 4) is 5.69 Å². The number of hydrogen-bond acceptors (Lipinski definition) is 4. The number of carbonyl (C=O) groups is 1. The first kappa shape index (κ1) is 20.3. The number of anilines is 1. The first-order valence-electron chi connectivity index (χ1n) is 9.22. The topological polar surface area (TPSA) is 73.1 Å². The number of nitrogens with one attached hydrogen (secondary N) is 1. The van der Waals surface area contributed by atoms with Crippen LogP contribution in [0, 0.1) is 13.8 Å². The number of benzene rings is 2. The van der Waals surface area contributed by atoms with E-state index in [1.54, 1.807) is 29.6 Å². The Kier molecular flexibility index (Phi) is 5.44. The van der Waals surface area contributed by atoms with Crippen LogP contribution >= 0.6 is 27.3 Å². The third-order valence-corrected chi connectivity index (χ3v) is 6.37. The van der Waals surface area contributed by atoms with Gasteiger partial charge in [0.2, 0.25) is 5.91 Å². The molecule has 0 atom stereocenters. The van der Waals surface area contributed by atoms with Crippen molar-refractivity contribution in [3.63, 3.8) is 0 Å². The van der Waals surface area contributed by atoms with E-state index in [1.807, 2.05) is 38.1 Å². The van der Waals surface area contributed by atoms with E-state index in [4.69, 9.17) is 0 Å². The summed E-state index contributed by atoms with van der Waals surface area (Å²) in [5.74, 6) is -0.353. The Hall–Kier alpha value is -2.97. The second-order valence-corrected chi connectivity index (χ2v) is 8.75. The van der Waals surface area contributed by atoms with Crippen molar-refractivity contribution in [2.45, 2.75) is 20.4 Å². The summed E-state index contributed by atoms with van der Waals surface area (Å²) in [7, 11) is 0. The zero-order chi connectivity index (χ0) is 21.4. The highest BCUT2D eigenvalue weighted by atomic mass is 79.9. The van der Waals surface area contributed by atoms with E-state index < -0.39 is 5.69 Å². The minimum atomic E-state index is -0.538. The first-order valence-corrected chi connectivity index (χ1v) is 10.9. The van der Waals surface area contributed by atoms with Gasteiger partial charge in [-0.05, 0) is 60.7 Å². The molecule has 0 aliphatic rings. The van der Waals surface area contributed by atoms with E-state index in [2.05, 4.69) is 21.2 Å². The molecule has 0 radical (unpaired) electrons. The van der Waals surface area contributed by atoms with Crippen LogP contribution < -0.4 is 16.6 Å². The molecule has 0 saturated heterocycles. The van der Waals surface area contributed by atoms with Gasteiger partial charge in [0, 0.05) is 10.2 Å². The van der Waals surface area contributed by atoms with Crippen molar-refractivity contribution in [3.05, 3.63) is 90.3 Å². The van der Waals surface area contributed by atoms with Crippen molar-refractivity contribution in [2.75, 3.05) is 5.32 Å². The molecule has 1 N–H and O–H groups in total. The molecule has 1 amide bonds. The lowest BCUT2D eigenvalue weighted by Crippen LogP contribution is -2.40. The number of amides is 1. The summed E-state index contributed by atoms with van der Waals surface area (Å²) < 4.78 is 3.78. The molecule has 0 saturated carbocycles. The maximum absolute atomic E-state index is 13.4. The van der Waals surface area contributed by atoms with Gasteiger partial charge in [0.05, 0.1) is 11.2 Å². The van der Waals surface area contributed by atoms with Gasteiger partial charge in [0.25, 0.3) is 5.56 Å². The van der Waals surface area contributed by atoms with Crippen LogP contribution in [0.1, 0.15) is 11.1 Å². The third kappa shape index (κ3) is 3.64. The lowest BCUT2D eigenvalue weighted by molar-refractivity contribution is -0.116. The Bertz CT molecular complexity index is 1400. The Morgan fingerprint density at radius 3 is 2.63 bits per heavy atom. The van der Waals surface area contributed by atoms with Gasteiger partial charge in [-0.1, -0.05) is 34.1 Å². The number of halogens is 1. The van der Waals surface area contributed by atoms with Gasteiger partial charge >= 0.3 is 5.69 Å². The monoisotopic (exact) mass is 483 g/mol. The molecule has 4 aromatic rings. The Labute approximate surface area is 184 Å². The van der Waals surface area contributed by atoms with Crippen LogP contribution in [0.25, 0.3) is 15.9 Å². The minimum absolute atomic E-state index is 0.205. The van der Waals surface area contributed by atoms with Crippen LogP contribution in [0.3, 0.4) is 0 Å². The summed E-state index contributed by atoms with van der Waals surface area (Å²) in [6, 6.07) is 14.4. The molecule has 0 bridgehead atoms. The van der Waals surface area contributed by atoms with Crippen molar-refractivity contribution in [1.82, 2.24) is 9.13 Å². The SMILES string of the molecule is Cc1cccc(-n2c(=O)c3sccc3n(CC(=O)Nc3cccc(Br)c3)c2=O)c1C. The molecule has 0 aliphatic carbocycles. The molecule has 4 rings (SSSR count). The molecule has 8 heteroatoms. The second-order valence-electron chi connectivity index (χ2n) is 6.92. The quantitative estimate of drug-likeness (QED) is 0.471. The number of hydrogen-bond donors (Lipinski definition) is 1. The molecule has 2 aromatic heterocycles. The number of nitrogens with zero attached hydrogens (tertiary/aromatic N) is 2. The summed E-state index contributed by atoms with van der Waals surface area (Å²) in [6.07, 6.45) is 0. The van der Waals surface area contributed by atoms with Crippen molar-refractivity contribution in [2.24, 2.45) is 0 Å². The number of aromatic nitrogens is 2. The van der Waals surface area contributed by atoms with Crippen LogP contribution in [-0.4, -0.2) is 15.0 Å². The normalized spacial score (nSPS) is 11.0. The van der Waals surface area contributed by atoms with Gasteiger partial charge in [-0.2, -0.15) is 0 Å². The van der Waals surface area contributed by atoms with Crippen molar-refractivity contribution < 1.29 is 4.79 Å². The van der Waals surface area contributed by atoms with Gasteiger partial charge in [-0.15, -0.1) is 11.3 Å². The predicted octanol–water partition coefficient (Wildman–Crippen LogP) is 4.23.